The Kier molecular flexibility index (Phi) is 5.17. The fourth-order valence-electron chi connectivity index (χ4n) is 4.26. The summed E-state index contributed by atoms with van der Waals surface area (Å²) in [5.41, 5.74) is 0.112. The third-order valence-corrected chi connectivity index (χ3v) is 11.9. The first-order valence-corrected chi connectivity index (χ1v) is 12.3. The highest BCUT2D eigenvalue weighted by Crippen LogP contribution is 2.77. The van der Waals surface area contributed by atoms with E-state index in [4.69, 9.17) is 0 Å². The minimum atomic E-state index is -4.09. The first-order chi connectivity index (χ1) is 13.3. The molecule has 1 aliphatic carbocycles. The van der Waals surface area contributed by atoms with Crippen molar-refractivity contribution >= 4 is 26.5 Å². The van der Waals surface area contributed by atoms with Crippen molar-refractivity contribution in [3.05, 3.63) is 71.3 Å². The predicted octanol–water partition coefficient (Wildman–Crippen LogP) is 6.67. The molecule has 0 amide bonds. The summed E-state index contributed by atoms with van der Waals surface area (Å²) >= 11 is 0. The van der Waals surface area contributed by atoms with Gasteiger partial charge >= 0.3 is 11.8 Å². The van der Waals surface area contributed by atoms with Crippen LogP contribution in [0, 0.1) is 0 Å². The molecule has 6 heteroatoms. The monoisotopic (exact) mass is 424 g/mol. The second-order valence-electron chi connectivity index (χ2n) is 7.54. The van der Waals surface area contributed by atoms with E-state index in [0.29, 0.717) is 10.6 Å². The highest BCUT2D eigenvalue weighted by atomic mass is 31.1. The molecule has 2 aliphatic rings. The van der Waals surface area contributed by atoms with Gasteiger partial charge in [-0.2, -0.15) is 17.6 Å². The van der Waals surface area contributed by atoms with Crippen molar-refractivity contribution in [2.24, 2.45) is 0 Å². The van der Waals surface area contributed by atoms with E-state index in [2.05, 4.69) is 0 Å². The molecule has 1 aliphatic heterocycles. The van der Waals surface area contributed by atoms with E-state index in [1.54, 1.807) is 48.5 Å². The maximum Gasteiger partial charge on any atom is 0.341 e. The van der Waals surface area contributed by atoms with E-state index in [9.17, 15) is 17.6 Å². The highest BCUT2D eigenvalue weighted by Gasteiger charge is 2.74. The van der Waals surface area contributed by atoms with Crippen LogP contribution < -0.4 is 10.6 Å². The smallest absolute Gasteiger partial charge is 0.194 e. The summed E-state index contributed by atoms with van der Waals surface area (Å²) in [5, 5.41) is 0.877. The van der Waals surface area contributed by atoms with Crippen LogP contribution >= 0.6 is 15.8 Å². The van der Waals surface area contributed by atoms with Gasteiger partial charge in [-0.1, -0.05) is 82.4 Å². The van der Waals surface area contributed by atoms with Crippen LogP contribution in [-0.2, 0) is 0 Å². The van der Waals surface area contributed by atoms with Crippen molar-refractivity contribution < 1.29 is 17.6 Å². The molecule has 1 heterocycles. The van der Waals surface area contributed by atoms with Crippen LogP contribution in [0.2, 0.25) is 0 Å². The summed E-state index contributed by atoms with van der Waals surface area (Å²) in [4.78, 5) is 0. The van der Waals surface area contributed by atoms with Gasteiger partial charge in [0.2, 0.25) is 0 Å². The normalized spacial score (nSPS) is 28.5. The minimum absolute atomic E-state index is 0.0559. The molecular formula is C22H22F4P2. The number of halogens is 4. The lowest BCUT2D eigenvalue weighted by atomic mass is 10.00. The molecule has 28 heavy (non-hydrogen) atoms. The number of hydrogen-bond acceptors (Lipinski definition) is 0. The fraction of sp³-hybridized carbons (Fsp3) is 0.364. The van der Waals surface area contributed by atoms with Gasteiger partial charge in [-0.05, 0) is 42.7 Å². The van der Waals surface area contributed by atoms with Gasteiger partial charge in [-0.3, -0.25) is 0 Å². The van der Waals surface area contributed by atoms with Crippen molar-refractivity contribution in [1.82, 2.24) is 0 Å². The molecule has 1 saturated heterocycles. The van der Waals surface area contributed by atoms with Crippen molar-refractivity contribution in [3.8, 4) is 0 Å². The topological polar surface area (TPSA) is 0 Å². The lowest BCUT2D eigenvalue weighted by Crippen LogP contribution is -2.54. The molecule has 148 valence electrons. The average molecular weight is 424 g/mol. The number of benzene rings is 2. The zero-order valence-corrected chi connectivity index (χ0v) is 17.5. The average Bonchev–Trinajstić information content (AvgIpc) is 3.01. The van der Waals surface area contributed by atoms with Gasteiger partial charge in [-0.15, -0.1) is 0 Å². The molecule has 0 aromatic heterocycles. The molecule has 1 fully saturated rings. The quantitative estimate of drug-likeness (QED) is 0.380. The molecule has 2 aromatic carbocycles. The molecule has 2 unspecified atom stereocenters. The Morgan fingerprint density at radius 2 is 1.18 bits per heavy atom. The van der Waals surface area contributed by atoms with Crippen molar-refractivity contribution in [3.63, 3.8) is 0 Å². The molecule has 0 radical (unpaired) electrons. The van der Waals surface area contributed by atoms with Gasteiger partial charge in [0.25, 0.3) is 0 Å². The lowest BCUT2D eigenvalue weighted by Gasteiger charge is -2.48. The van der Waals surface area contributed by atoms with Gasteiger partial charge in [0.15, 0.2) is 0 Å². The van der Waals surface area contributed by atoms with Crippen molar-refractivity contribution in [1.29, 1.82) is 0 Å². The molecule has 3 atom stereocenters. The number of alkyl halides is 4. The molecule has 0 saturated carbocycles. The maximum atomic E-state index is 15.0. The van der Waals surface area contributed by atoms with Gasteiger partial charge in [0, 0.05) is 10.6 Å². The molecule has 0 nitrogen and oxygen atoms in total. The van der Waals surface area contributed by atoms with Crippen LogP contribution in [0.25, 0.3) is 0 Å². The van der Waals surface area contributed by atoms with E-state index in [1.807, 2.05) is 26.0 Å². The van der Waals surface area contributed by atoms with Crippen LogP contribution in [0.3, 0.4) is 0 Å². The van der Waals surface area contributed by atoms with Crippen LogP contribution in [-0.4, -0.2) is 23.2 Å². The third-order valence-electron chi connectivity index (χ3n) is 5.68. The summed E-state index contributed by atoms with van der Waals surface area (Å²) in [6.45, 7) is 3.89. The van der Waals surface area contributed by atoms with Crippen molar-refractivity contribution in [2.45, 2.75) is 49.9 Å². The van der Waals surface area contributed by atoms with E-state index >= 15 is 0 Å². The highest BCUT2D eigenvalue weighted by molar-refractivity contribution is 7.78. The first kappa shape index (κ1) is 20.0. The van der Waals surface area contributed by atoms with Crippen LogP contribution in [0.1, 0.15) is 26.7 Å². The third kappa shape index (κ3) is 2.96. The molecule has 2 aromatic rings. The van der Waals surface area contributed by atoms with E-state index in [0.717, 1.165) is 12.8 Å². The Bertz CT molecular complexity index is 830. The molecular weight excluding hydrogens is 402 g/mol. The van der Waals surface area contributed by atoms with E-state index in [1.165, 1.54) is 0 Å². The Morgan fingerprint density at radius 3 is 1.61 bits per heavy atom. The predicted molar refractivity (Wildman–Crippen MR) is 111 cm³/mol. The first-order valence-electron chi connectivity index (χ1n) is 9.46. The van der Waals surface area contributed by atoms with Gasteiger partial charge in [-0.25, -0.2) is 0 Å². The second kappa shape index (κ2) is 7.22. The number of hydrogen-bond donors (Lipinski definition) is 0. The van der Waals surface area contributed by atoms with Crippen LogP contribution in [0.15, 0.2) is 71.3 Å². The summed E-state index contributed by atoms with van der Waals surface area (Å²) in [6, 6.07) is 17.9. The summed E-state index contributed by atoms with van der Waals surface area (Å²) < 4.78 is 59.6. The summed E-state index contributed by atoms with van der Waals surface area (Å²) in [5.74, 6) is -8.13. The van der Waals surface area contributed by atoms with Crippen molar-refractivity contribution in [2.75, 3.05) is 0 Å². The Morgan fingerprint density at radius 1 is 0.750 bits per heavy atom. The Labute approximate surface area is 165 Å². The number of rotatable bonds is 4. The van der Waals surface area contributed by atoms with Crippen LogP contribution in [0.5, 0.6) is 0 Å². The zero-order chi connectivity index (χ0) is 20.1. The summed E-state index contributed by atoms with van der Waals surface area (Å²) in [6.07, 6.45) is 1.67. The summed E-state index contributed by atoms with van der Waals surface area (Å²) in [7, 11) is -2.97. The van der Waals surface area contributed by atoms with E-state index in [-0.39, 0.29) is 21.9 Å². The maximum absolute atomic E-state index is 15.0. The second-order valence-corrected chi connectivity index (χ2v) is 12.7. The minimum Gasteiger partial charge on any atom is -0.194 e. The van der Waals surface area contributed by atoms with Gasteiger partial charge < -0.3 is 0 Å². The standard InChI is InChI=1S/C22H22F4P2/c1-15-13-14-16(2)27(15)19-20(22(25,26)21(19,23)24)28(17-9-5-3-6-10-17)18-11-7-4-8-12-18/h3-12,15-16H,13-14H2,1-2H3/t15-,16?,27?/m1/s1. The molecule has 4 rings (SSSR count). The zero-order valence-electron chi connectivity index (χ0n) is 15.7. The SMILES string of the molecule is CC1CC[C@@H](C)P1C1=C(P(c2ccccc2)c2ccccc2)C(F)(F)C1(F)F. The molecule has 0 bridgehead atoms. The van der Waals surface area contributed by atoms with Gasteiger partial charge in [0.05, 0.1) is 0 Å². The van der Waals surface area contributed by atoms with E-state index < -0.39 is 27.7 Å². The van der Waals surface area contributed by atoms with Gasteiger partial charge in [0.1, 0.15) is 0 Å². The lowest BCUT2D eigenvalue weighted by molar-refractivity contribution is -0.177. The Balaban J connectivity index is 1.96. The fourth-order valence-corrected chi connectivity index (χ4v) is 10.9. The van der Waals surface area contributed by atoms with Crippen LogP contribution in [0.4, 0.5) is 17.6 Å². The molecule has 0 N–H and O–H groups in total. The largest absolute Gasteiger partial charge is 0.341 e. The Hall–Kier alpha value is -1.24. The molecule has 0 spiro atoms. The number of allylic oxidation sites excluding steroid dienone is 2.